The van der Waals surface area contributed by atoms with Crippen molar-refractivity contribution < 1.29 is 74.5 Å². The van der Waals surface area contributed by atoms with Gasteiger partial charge in [0.1, 0.15) is 29.4 Å². The van der Waals surface area contributed by atoms with Crippen molar-refractivity contribution in [2.24, 2.45) is 0 Å². The highest BCUT2D eigenvalue weighted by molar-refractivity contribution is 7.11. The molecule has 1 aromatic carbocycles. The lowest BCUT2D eigenvalue weighted by atomic mass is 9.91. The lowest BCUT2D eigenvalue weighted by Gasteiger charge is -2.44. The van der Waals surface area contributed by atoms with Crippen molar-refractivity contribution in [2.75, 3.05) is 20.7 Å². The fourth-order valence-corrected chi connectivity index (χ4v) is 6.64. The second-order valence-electron chi connectivity index (χ2n) is 12.2. The molecule has 1 unspecified atom stereocenters. The van der Waals surface area contributed by atoms with Crippen LogP contribution in [-0.2, 0) is 16.8 Å². The predicted molar refractivity (Wildman–Crippen MR) is 160 cm³/mol. The molecule has 282 valence electrons. The van der Waals surface area contributed by atoms with E-state index >= 15 is 0 Å². The quantitative estimate of drug-likeness (QED) is 0.187. The summed E-state index contributed by atoms with van der Waals surface area (Å²) in [6.45, 7) is -3.85. The molecule has 2 aliphatic rings. The third-order valence-electron chi connectivity index (χ3n) is 8.32. The third-order valence-corrected chi connectivity index (χ3v) is 9.54. The molecule has 0 bridgehead atoms. The highest BCUT2D eigenvalue weighted by atomic mass is 32.1. The van der Waals surface area contributed by atoms with E-state index in [2.05, 4.69) is 14.7 Å². The monoisotopic (exact) mass is 759 g/mol. The summed E-state index contributed by atoms with van der Waals surface area (Å²) < 4.78 is 130. The number of ether oxygens (including phenoxy) is 4. The molecule has 0 spiro atoms. The van der Waals surface area contributed by atoms with Crippen LogP contribution in [0.3, 0.4) is 0 Å². The van der Waals surface area contributed by atoms with Gasteiger partial charge in [0.2, 0.25) is 12.2 Å². The van der Waals surface area contributed by atoms with E-state index in [4.69, 9.17) is 14.2 Å². The van der Waals surface area contributed by atoms with E-state index in [0.29, 0.717) is 18.4 Å². The van der Waals surface area contributed by atoms with Crippen LogP contribution in [0.5, 0.6) is 17.4 Å². The molecule has 4 N–H and O–H groups in total. The number of rotatable bonds is 13. The molecule has 11 nitrogen and oxygen atoms in total. The minimum atomic E-state index is -6.17. The Morgan fingerprint density at radius 1 is 0.941 bits per heavy atom. The molecule has 0 amide bonds. The maximum atomic E-state index is 13.7. The number of hydrogen-bond acceptors (Lipinski definition) is 12. The number of aromatic nitrogens is 2. The van der Waals surface area contributed by atoms with Crippen LogP contribution < -0.4 is 14.2 Å². The zero-order valence-corrected chi connectivity index (χ0v) is 27.5. The number of pyridine rings is 1. The number of thiazole rings is 1. The van der Waals surface area contributed by atoms with Gasteiger partial charge in [0, 0.05) is 29.3 Å². The van der Waals surface area contributed by atoms with Crippen molar-refractivity contribution in [3.63, 3.8) is 0 Å². The summed E-state index contributed by atoms with van der Waals surface area (Å²) in [5.74, 6) is -1.57. The first-order valence-corrected chi connectivity index (χ1v) is 16.1. The molecule has 2 fully saturated rings. The van der Waals surface area contributed by atoms with E-state index in [0.717, 1.165) is 12.3 Å². The molecule has 20 heteroatoms. The van der Waals surface area contributed by atoms with Crippen LogP contribution in [0.15, 0.2) is 42.7 Å². The number of aliphatic hydroxyl groups excluding tert-OH is 3. The molecule has 51 heavy (non-hydrogen) atoms. The van der Waals surface area contributed by atoms with Gasteiger partial charge < -0.3 is 39.4 Å². The normalized spacial score (nSPS) is 23.8. The molecule has 1 aliphatic carbocycles. The van der Waals surface area contributed by atoms with Crippen molar-refractivity contribution in [2.45, 2.75) is 86.5 Å². The van der Waals surface area contributed by atoms with Gasteiger partial charge in [0.05, 0.1) is 12.7 Å². The maximum Gasteiger partial charge on any atom is 0.433 e. The van der Waals surface area contributed by atoms with Crippen molar-refractivity contribution in [1.29, 1.82) is 0 Å². The van der Waals surface area contributed by atoms with Gasteiger partial charge in [0.25, 0.3) is 0 Å². The van der Waals surface area contributed by atoms with Gasteiger partial charge in [-0.3, -0.25) is 4.90 Å². The Morgan fingerprint density at radius 2 is 1.63 bits per heavy atom. The first-order valence-electron chi connectivity index (χ1n) is 15.3. The zero-order valence-electron chi connectivity index (χ0n) is 26.7. The highest BCUT2D eigenvalue weighted by Crippen LogP contribution is 2.52. The third kappa shape index (κ3) is 8.31. The number of halogens is 8. The second-order valence-corrected chi connectivity index (χ2v) is 13.3. The predicted octanol–water partition coefficient (Wildman–Crippen LogP) is 4.12. The second kappa shape index (κ2) is 14.9. The number of hydrogen-bond donors (Lipinski definition) is 4. The molecule has 1 saturated heterocycles. The molecular weight excluding hydrogens is 726 g/mol. The number of benzene rings is 1. The summed E-state index contributed by atoms with van der Waals surface area (Å²) in [4.78, 5) is 8.94. The Labute approximate surface area is 289 Å². The average Bonchev–Trinajstić information content (AvgIpc) is 3.73. The van der Waals surface area contributed by atoms with E-state index in [9.17, 15) is 55.5 Å². The Morgan fingerprint density at radius 3 is 2.18 bits per heavy atom. The molecule has 3 aromatic rings. The van der Waals surface area contributed by atoms with Crippen molar-refractivity contribution in [3.8, 4) is 17.4 Å². The summed E-state index contributed by atoms with van der Waals surface area (Å²) in [6, 6.07) is 5.69. The number of likely N-dealkylation sites (N-methyl/N-ethyl adjacent to an activating group) is 1. The summed E-state index contributed by atoms with van der Waals surface area (Å²) in [7, 11) is 3.19. The summed E-state index contributed by atoms with van der Waals surface area (Å²) in [5, 5.41) is 38.8. The van der Waals surface area contributed by atoms with Crippen LogP contribution in [0.4, 0.5) is 35.1 Å². The van der Waals surface area contributed by atoms with Crippen LogP contribution in [-0.4, -0.2) is 112 Å². The minimum absolute atomic E-state index is 0.0293. The maximum absolute atomic E-state index is 13.7. The van der Waals surface area contributed by atoms with Crippen LogP contribution in [0, 0.1) is 0 Å². The van der Waals surface area contributed by atoms with Crippen molar-refractivity contribution >= 4 is 11.3 Å². The van der Waals surface area contributed by atoms with Gasteiger partial charge in [-0.15, -0.1) is 11.3 Å². The summed E-state index contributed by atoms with van der Waals surface area (Å²) in [5.41, 5.74) is -4.68. The van der Waals surface area contributed by atoms with E-state index in [1.807, 2.05) is 0 Å². The van der Waals surface area contributed by atoms with E-state index in [-0.39, 0.29) is 51.7 Å². The Bertz CT molecular complexity index is 1610. The molecule has 3 heterocycles. The lowest BCUT2D eigenvalue weighted by molar-refractivity contribution is -0.376. The Kier molecular flexibility index (Phi) is 11.4. The molecule has 6 atom stereocenters. The lowest BCUT2D eigenvalue weighted by Crippen LogP contribution is -2.64. The molecule has 1 aliphatic heterocycles. The largest absolute Gasteiger partial charge is 0.487 e. The van der Waals surface area contributed by atoms with E-state index in [1.54, 1.807) is 14.1 Å². The minimum Gasteiger partial charge on any atom is -0.487 e. The van der Waals surface area contributed by atoms with Gasteiger partial charge in [-0.2, -0.15) is 35.1 Å². The Hall–Kier alpha value is -3.40. The molecule has 0 radical (unpaired) electrons. The van der Waals surface area contributed by atoms with Crippen LogP contribution in [0.25, 0.3) is 0 Å². The smallest absolute Gasteiger partial charge is 0.433 e. The molecule has 5 rings (SSSR count). The van der Waals surface area contributed by atoms with Gasteiger partial charge >= 0.3 is 24.6 Å². The van der Waals surface area contributed by atoms with Gasteiger partial charge in [0.15, 0.2) is 11.5 Å². The molecular formula is C31H33F8N3O8S. The Balaban J connectivity index is 1.49. The number of alkyl halides is 8. The van der Waals surface area contributed by atoms with Gasteiger partial charge in [-0.1, -0.05) is 12.1 Å². The topological polar surface area (TPSA) is 147 Å². The van der Waals surface area contributed by atoms with Gasteiger partial charge in [-0.25, -0.2) is 9.97 Å². The summed E-state index contributed by atoms with van der Waals surface area (Å²) in [6.07, 6.45) is -14.7. The standard InChI is InChI=1S/C31H33F8N3O8S/c1-42(2)23-25(45)24(44)20(13-43)48-26(23)50-22-8-3-14(11-40-22)9-17(15-4-7-18(49-28(32)33)19(10-15)47-16-5-6-16)21-12-41-27(51-21)29(46,30(34,35)36)31(37,38)39/h3-4,7-8,10-12,16-17,20,23-26,28,43-46H,5-6,9,13H2,1-2H3/t17?,20-,23-,24-,25-,26+/m1/s1. The highest BCUT2D eigenvalue weighted by Gasteiger charge is 2.73. The fraction of sp³-hybridized carbons (Fsp3) is 0.548. The van der Waals surface area contributed by atoms with Crippen LogP contribution >= 0.6 is 11.3 Å². The SMILES string of the molecule is CN(C)[C@H]1[C@H](Oc2ccc(CC(c3ccc(OC(F)F)c(OC4CC4)c3)c3cnc(C(O)(C(F)(F)F)C(F)(F)F)s3)cn2)O[C@H](CO)[C@@H](O)[C@@H]1O. The number of nitrogens with zero attached hydrogens (tertiary/aromatic N) is 3. The summed E-state index contributed by atoms with van der Waals surface area (Å²) >= 11 is -0.0293. The van der Waals surface area contributed by atoms with E-state index < -0.39 is 72.7 Å². The fourth-order valence-electron chi connectivity index (χ4n) is 5.46. The van der Waals surface area contributed by atoms with Gasteiger partial charge in [-0.05, 0) is 56.6 Å². The number of aliphatic hydroxyl groups is 4. The van der Waals surface area contributed by atoms with Crippen molar-refractivity contribution in [1.82, 2.24) is 14.9 Å². The zero-order chi connectivity index (χ0) is 37.5. The molecule has 1 saturated carbocycles. The first-order chi connectivity index (χ1) is 23.8. The van der Waals surface area contributed by atoms with Crippen LogP contribution in [0.2, 0.25) is 0 Å². The molecule has 2 aromatic heterocycles. The van der Waals surface area contributed by atoms with Crippen LogP contribution in [0.1, 0.15) is 39.8 Å². The first kappa shape index (κ1) is 38.8. The average molecular weight is 760 g/mol. The van der Waals surface area contributed by atoms with E-state index in [1.165, 1.54) is 35.4 Å². The van der Waals surface area contributed by atoms with Crippen molar-refractivity contribution in [3.05, 3.63) is 63.7 Å².